The lowest BCUT2D eigenvalue weighted by Crippen LogP contribution is -2.05. The first-order valence-electron chi connectivity index (χ1n) is 5.29. The van der Waals surface area contributed by atoms with Crippen LogP contribution in [0.3, 0.4) is 0 Å². The van der Waals surface area contributed by atoms with Gasteiger partial charge in [-0.05, 0) is 30.3 Å². The van der Waals surface area contributed by atoms with Crippen LogP contribution in [0.25, 0.3) is 0 Å². The van der Waals surface area contributed by atoms with E-state index in [9.17, 15) is 13.2 Å². The Morgan fingerprint density at radius 3 is 2.53 bits per heavy atom. The Labute approximate surface area is 107 Å². The average molecular weight is 263 g/mol. The molecule has 0 saturated heterocycles. The van der Waals surface area contributed by atoms with Crippen molar-refractivity contribution in [3.8, 4) is 6.07 Å². The lowest BCUT2D eigenvalue weighted by Gasteiger charge is -2.10. The van der Waals surface area contributed by atoms with E-state index in [1.165, 1.54) is 30.5 Å². The van der Waals surface area contributed by atoms with Crippen molar-refractivity contribution in [1.82, 2.24) is 4.98 Å². The van der Waals surface area contributed by atoms with E-state index in [0.29, 0.717) is 11.4 Å². The van der Waals surface area contributed by atoms with E-state index >= 15 is 0 Å². The van der Waals surface area contributed by atoms with Gasteiger partial charge < -0.3 is 5.32 Å². The van der Waals surface area contributed by atoms with Gasteiger partial charge >= 0.3 is 6.18 Å². The Balaban J connectivity index is 2.21. The molecule has 3 nitrogen and oxygen atoms in total. The fourth-order valence-electron chi connectivity index (χ4n) is 1.46. The van der Waals surface area contributed by atoms with Gasteiger partial charge in [-0.25, -0.2) is 4.98 Å². The summed E-state index contributed by atoms with van der Waals surface area (Å²) in [7, 11) is 0. The van der Waals surface area contributed by atoms with E-state index in [-0.39, 0.29) is 5.69 Å². The number of aromatic nitrogens is 1. The number of anilines is 2. The van der Waals surface area contributed by atoms with Crippen LogP contribution in [0.4, 0.5) is 24.7 Å². The van der Waals surface area contributed by atoms with Crippen molar-refractivity contribution in [2.24, 2.45) is 0 Å². The predicted molar refractivity (Wildman–Crippen MR) is 63.7 cm³/mol. The number of benzene rings is 1. The molecule has 1 aromatic carbocycles. The molecular weight excluding hydrogens is 255 g/mol. The summed E-state index contributed by atoms with van der Waals surface area (Å²) in [5.74, 6) is 0.373. The average Bonchev–Trinajstić information content (AvgIpc) is 2.39. The van der Waals surface area contributed by atoms with Crippen molar-refractivity contribution in [3.63, 3.8) is 0 Å². The van der Waals surface area contributed by atoms with Crippen molar-refractivity contribution < 1.29 is 13.2 Å². The van der Waals surface area contributed by atoms with Crippen molar-refractivity contribution in [2.45, 2.75) is 6.18 Å². The minimum atomic E-state index is -4.38. The van der Waals surface area contributed by atoms with Gasteiger partial charge in [0.2, 0.25) is 0 Å². The lowest BCUT2D eigenvalue weighted by atomic mass is 10.2. The number of hydrogen-bond acceptors (Lipinski definition) is 3. The smallest absolute Gasteiger partial charge is 0.340 e. The Kier molecular flexibility index (Phi) is 3.38. The minimum Gasteiger partial charge on any atom is -0.340 e. The van der Waals surface area contributed by atoms with Gasteiger partial charge in [0.1, 0.15) is 11.9 Å². The van der Waals surface area contributed by atoms with Crippen molar-refractivity contribution >= 4 is 11.5 Å². The van der Waals surface area contributed by atoms with E-state index < -0.39 is 11.7 Å². The molecule has 19 heavy (non-hydrogen) atoms. The number of nitriles is 1. The molecule has 0 fully saturated rings. The highest BCUT2D eigenvalue weighted by Crippen LogP contribution is 2.31. The van der Waals surface area contributed by atoms with E-state index in [1.807, 2.05) is 6.07 Å². The maximum atomic E-state index is 12.5. The third-order valence-electron chi connectivity index (χ3n) is 2.35. The van der Waals surface area contributed by atoms with Gasteiger partial charge in [0.15, 0.2) is 0 Å². The Morgan fingerprint density at radius 2 is 1.95 bits per heavy atom. The normalized spacial score (nSPS) is 10.8. The van der Waals surface area contributed by atoms with Crippen molar-refractivity contribution in [2.75, 3.05) is 5.32 Å². The first-order valence-corrected chi connectivity index (χ1v) is 5.29. The largest absolute Gasteiger partial charge is 0.416 e. The molecule has 96 valence electrons. The maximum Gasteiger partial charge on any atom is 0.416 e. The van der Waals surface area contributed by atoms with Crippen LogP contribution in [0.1, 0.15) is 11.1 Å². The van der Waals surface area contributed by atoms with Crippen LogP contribution < -0.4 is 5.32 Å². The highest BCUT2D eigenvalue weighted by molar-refractivity contribution is 5.57. The molecule has 0 amide bonds. The van der Waals surface area contributed by atoms with E-state index in [1.54, 1.807) is 0 Å². The molecule has 0 aliphatic heterocycles. The highest BCUT2D eigenvalue weighted by atomic mass is 19.4. The molecule has 1 heterocycles. The summed E-state index contributed by atoms with van der Waals surface area (Å²) in [4.78, 5) is 3.92. The number of nitrogens with one attached hydrogen (secondary N) is 1. The first-order chi connectivity index (χ1) is 8.99. The second kappa shape index (κ2) is 4.98. The summed E-state index contributed by atoms with van der Waals surface area (Å²) in [6, 6.07) is 9.79. The van der Waals surface area contributed by atoms with Crippen LogP contribution >= 0.6 is 0 Å². The van der Waals surface area contributed by atoms with Gasteiger partial charge in [0.05, 0.1) is 11.1 Å². The van der Waals surface area contributed by atoms with E-state index in [0.717, 1.165) is 12.1 Å². The molecule has 1 N–H and O–H groups in total. The third-order valence-corrected chi connectivity index (χ3v) is 2.35. The second-order valence-electron chi connectivity index (χ2n) is 3.75. The summed E-state index contributed by atoms with van der Waals surface area (Å²) >= 11 is 0. The fraction of sp³-hybridized carbons (Fsp3) is 0.0769. The SMILES string of the molecule is N#Cc1ccc(Nc2cccc(C(F)(F)F)c2)nc1. The number of alkyl halides is 3. The topological polar surface area (TPSA) is 48.7 Å². The number of nitrogens with zero attached hydrogens (tertiary/aromatic N) is 2. The zero-order valence-electron chi connectivity index (χ0n) is 9.57. The summed E-state index contributed by atoms with van der Waals surface area (Å²) in [5, 5.41) is 11.4. The Hall–Kier alpha value is -2.55. The molecule has 0 bridgehead atoms. The van der Waals surface area contributed by atoms with Gasteiger partial charge in [0.25, 0.3) is 0 Å². The standard InChI is InChI=1S/C13H8F3N3/c14-13(15,16)10-2-1-3-11(6-10)19-12-5-4-9(7-17)8-18-12/h1-6,8H,(H,18,19). The fourth-order valence-corrected chi connectivity index (χ4v) is 1.46. The number of halogens is 3. The molecule has 0 aliphatic carbocycles. The van der Waals surface area contributed by atoms with Crippen molar-refractivity contribution in [3.05, 3.63) is 53.7 Å². The van der Waals surface area contributed by atoms with Crippen molar-refractivity contribution in [1.29, 1.82) is 5.26 Å². The van der Waals surface area contributed by atoms with Gasteiger partial charge in [-0.3, -0.25) is 0 Å². The molecule has 0 unspecified atom stereocenters. The van der Waals surface area contributed by atoms with Crippen LogP contribution in [0, 0.1) is 11.3 Å². The van der Waals surface area contributed by atoms with Gasteiger partial charge in [-0.1, -0.05) is 6.07 Å². The van der Waals surface area contributed by atoms with E-state index in [4.69, 9.17) is 5.26 Å². The van der Waals surface area contributed by atoms with Gasteiger partial charge in [-0.15, -0.1) is 0 Å². The number of rotatable bonds is 2. The van der Waals surface area contributed by atoms with Gasteiger partial charge in [-0.2, -0.15) is 18.4 Å². The predicted octanol–water partition coefficient (Wildman–Crippen LogP) is 3.72. The molecule has 2 rings (SSSR count). The first kappa shape index (κ1) is 12.9. The number of hydrogen-bond donors (Lipinski definition) is 1. The maximum absolute atomic E-state index is 12.5. The quantitative estimate of drug-likeness (QED) is 0.898. The molecule has 6 heteroatoms. The summed E-state index contributed by atoms with van der Waals surface area (Å²) < 4.78 is 37.6. The highest BCUT2D eigenvalue weighted by Gasteiger charge is 2.30. The summed E-state index contributed by atoms with van der Waals surface area (Å²) in [6.07, 6.45) is -3.04. The van der Waals surface area contributed by atoms with Gasteiger partial charge in [0, 0.05) is 11.9 Å². The Morgan fingerprint density at radius 1 is 1.16 bits per heavy atom. The summed E-state index contributed by atoms with van der Waals surface area (Å²) in [5.41, 5.74) is -0.0623. The molecule has 2 aromatic rings. The molecular formula is C13H8F3N3. The second-order valence-corrected chi connectivity index (χ2v) is 3.75. The van der Waals surface area contributed by atoms with Crippen LogP contribution in [-0.2, 0) is 6.18 Å². The molecule has 0 aliphatic rings. The minimum absolute atomic E-state index is 0.284. The lowest BCUT2D eigenvalue weighted by molar-refractivity contribution is -0.137. The molecule has 1 aromatic heterocycles. The molecule has 0 spiro atoms. The Bertz CT molecular complexity index is 612. The number of pyridine rings is 1. The van der Waals surface area contributed by atoms with Crippen LogP contribution in [-0.4, -0.2) is 4.98 Å². The van der Waals surface area contributed by atoms with Crippen LogP contribution in [0.2, 0.25) is 0 Å². The van der Waals surface area contributed by atoms with Crippen LogP contribution in [0.5, 0.6) is 0 Å². The third kappa shape index (κ3) is 3.22. The zero-order chi connectivity index (χ0) is 13.9. The zero-order valence-corrected chi connectivity index (χ0v) is 9.57. The van der Waals surface area contributed by atoms with Crippen LogP contribution in [0.15, 0.2) is 42.6 Å². The molecule has 0 atom stereocenters. The monoisotopic (exact) mass is 263 g/mol. The molecule has 0 saturated carbocycles. The summed E-state index contributed by atoms with van der Waals surface area (Å²) in [6.45, 7) is 0. The van der Waals surface area contributed by atoms with E-state index in [2.05, 4.69) is 10.3 Å². The molecule has 0 radical (unpaired) electrons.